The number of amides is 2. The zero-order chi connectivity index (χ0) is 35.0. The number of anilines is 1. The molecule has 3 aliphatic rings. The van der Waals surface area contributed by atoms with E-state index in [0.717, 1.165) is 21.7 Å². The molecule has 6 rings (SSSR count). The molecule has 4 N–H and O–H groups in total. The molecule has 8 atom stereocenters. The highest BCUT2D eigenvalue weighted by Gasteiger charge is 2.64. The van der Waals surface area contributed by atoms with Crippen LogP contribution in [-0.4, -0.2) is 87.7 Å². The lowest BCUT2D eigenvalue weighted by atomic mass is 9.80. The van der Waals surface area contributed by atoms with Gasteiger partial charge in [0, 0.05) is 23.9 Å². The van der Waals surface area contributed by atoms with E-state index in [1.165, 1.54) is 7.11 Å². The van der Waals surface area contributed by atoms with E-state index in [1.807, 2.05) is 4.98 Å². The maximum Gasteiger partial charge on any atom is 0.330 e. The molecule has 49 heavy (non-hydrogen) atoms. The Balaban J connectivity index is 1.11. The molecule has 3 saturated heterocycles. The van der Waals surface area contributed by atoms with Crippen molar-refractivity contribution in [2.45, 2.75) is 49.5 Å². The highest BCUT2D eigenvalue weighted by molar-refractivity contribution is 6.23. The molecule has 258 valence electrons. The first-order valence-electron chi connectivity index (χ1n) is 15.4. The second kappa shape index (κ2) is 13.4. The van der Waals surface area contributed by atoms with Crippen LogP contribution < -0.4 is 26.2 Å². The van der Waals surface area contributed by atoms with Crippen LogP contribution in [0.4, 0.5) is 5.69 Å². The van der Waals surface area contributed by atoms with Gasteiger partial charge in [0.2, 0.25) is 11.8 Å². The molecule has 3 aromatic rings. The van der Waals surface area contributed by atoms with Gasteiger partial charge in [0.15, 0.2) is 6.23 Å². The number of H-pyrrole nitrogens is 1. The Morgan fingerprint density at radius 2 is 1.61 bits per heavy atom. The van der Waals surface area contributed by atoms with Gasteiger partial charge in [-0.3, -0.25) is 38.8 Å². The molecule has 2 amide bonds. The number of hydrogen-bond donors (Lipinski definition) is 4. The lowest BCUT2D eigenvalue weighted by Crippen LogP contribution is -2.51. The van der Waals surface area contributed by atoms with Gasteiger partial charge in [-0.1, -0.05) is 36.4 Å². The van der Waals surface area contributed by atoms with Gasteiger partial charge < -0.3 is 29.2 Å². The third-order valence-corrected chi connectivity index (χ3v) is 9.06. The molecular weight excluding hydrogens is 644 g/mol. The number of methoxy groups -OCH3 is 1. The number of aromatic amines is 1. The number of carbonyl (C=O) groups is 4. The van der Waals surface area contributed by atoms with Crippen LogP contribution in [0.15, 0.2) is 76.4 Å². The van der Waals surface area contributed by atoms with Crippen molar-refractivity contribution in [1.82, 2.24) is 14.9 Å². The smallest absolute Gasteiger partial charge is 0.330 e. The third kappa shape index (κ3) is 6.26. The van der Waals surface area contributed by atoms with Crippen LogP contribution in [0.2, 0.25) is 0 Å². The number of esters is 2. The average molecular weight is 679 g/mol. The largest absolute Gasteiger partial charge is 0.496 e. The van der Waals surface area contributed by atoms with E-state index < -0.39 is 96.0 Å². The Morgan fingerprint density at radius 3 is 2.33 bits per heavy atom. The van der Waals surface area contributed by atoms with E-state index in [-0.39, 0.29) is 6.61 Å². The Morgan fingerprint density at radius 1 is 0.918 bits per heavy atom. The van der Waals surface area contributed by atoms with Crippen molar-refractivity contribution in [3.05, 3.63) is 93.3 Å². The molecule has 0 aliphatic carbocycles. The monoisotopic (exact) mass is 678 g/mol. The number of aromatic nitrogens is 2. The minimum absolute atomic E-state index is 0.375. The number of aliphatic hydroxyl groups excluding tert-OH is 2. The topological polar surface area (TPSA) is 216 Å². The highest BCUT2D eigenvalue weighted by atomic mass is 16.6. The van der Waals surface area contributed by atoms with Crippen LogP contribution in [0.5, 0.6) is 5.75 Å². The maximum absolute atomic E-state index is 13.9. The predicted octanol–water partition coefficient (Wildman–Crippen LogP) is -0.450. The number of para-hydroxylation sites is 2. The Labute approximate surface area is 278 Å². The van der Waals surface area contributed by atoms with Crippen LogP contribution in [0.3, 0.4) is 0 Å². The van der Waals surface area contributed by atoms with Crippen LogP contribution in [0, 0.1) is 11.8 Å². The molecule has 0 bridgehead atoms. The van der Waals surface area contributed by atoms with Gasteiger partial charge in [-0.2, -0.15) is 0 Å². The number of hydrogen-bond acceptors (Lipinski definition) is 13. The fraction of sp³-hybridized carbons (Fsp3) is 0.394. The van der Waals surface area contributed by atoms with Gasteiger partial charge in [0.1, 0.15) is 43.7 Å². The summed E-state index contributed by atoms with van der Waals surface area (Å²) in [6.45, 7) is 0.716. The van der Waals surface area contributed by atoms with Gasteiger partial charge in [-0.05, 0) is 25.1 Å². The number of rotatable bonds is 10. The second-order valence-electron chi connectivity index (χ2n) is 12.2. The number of nitrogens with one attached hydrogen (secondary N) is 2. The molecule has 2 aromatic carbocycles. The van der Waals surface area contributed by atoms with E-state index in [1.54, 1.807) is 61.5 Å². The summed E-state index contributed by atoms with van der Waals surface area (Å²) in [4.78, 5) is 79.8. The number of ether oxygens (including phenoxy) is 4. The van der Waals surface area contributed by atoms with Crippen LogP contribution >= 0.6 is 0 Å². The van der Waals surface area contributed by atoms with Gasteiger partial charge in [0.05, 0.1) is 30.2 Å². The average Bonchev–Trinajstić information content (AvgIpc) is 3.66. The summed E-state index contributed by atoms with van der Waals surface area (Å²) in [6.07, 6.45) is -5.55. The van der Waals surface area contributed by atoms with E-state index in [4.69, 9.17) is 18.9 Å². The van der Waals surface area contributed by atoms with Crippen molar-refractivity contribution in [2.75, 3.05) is 25.2 Å². The van der Waals surface area contributed by atoms with E-state index in [2.05, 4.69) is 5.32 Å². The zero-order valence-corrected chi connectivity index (χ0v) is 26.4. The van der Waals surface area contributed by atoms with Gasteiger partial charge in [-0.25, -0.2) is 9.69 Å². The third-order valence-electron chi connectivity index (χ3n) is 9.06. The first-order chi connectivity index (χ1) is 23.4. The first-order valence-corrected chi connectivity index (χ1v) is 15.4. The summed E-state index contributed by atoms with van der Waals surface area (Å²) >= 11 is 0. The van der Waals surface area contributed by atoms with Crippen molar-refractivity contribution in [2.24, 2.45) is 11.8 Å². The molecular formula is C33H34N4O12. The number of benzene rings is 2. The standard InChI is InChI=1S/C33H34N4O12/c1-33(16-48-23(40)14-22(39)47-15-20-27(41)28(42)31(49-20)36-13-12-21(38)34-32(36)45)25-24(26(35-33)18-10-6-7-11-19(18)46-2)29(43)37(30(25)44)17-8-4-3-5-9-17/h3-13,20,24-28,31,35,41-42H,14-16H2,1-2H3,(H,34,38,45)/t20-,24-,25-,26-,27-,28-,31-,33+/m1/s1. The molecule has 3 aliphatic heterocycles. The minimum atomic E-state index is -1.59. The zero-order valence-electron chi connectivity index (χ0n) is 26.4. The summed E-state index contributed by atoms with van der Waals surface area (Å²) in [5.41, 5.74) is -1.74. The Kier molecular flexibility index (Phi) is 9.22. The molecule has 0 unspecified atom stereocenters. The van der Waals surface area contributed by atoms with Crippen molar-refractivity contribution in [3.63, 3.8) is 0 Å². The molecule has 4 heterocycles. The van der Waals surface area contributed by atoms with Gasteiger partial charge in [-0.15, -0.1) is 0 Å². The lowest BCUT2D eigenvalue weighted by molar-refractivity contribution is -0.159. The second-order valence-corrected chi connectivity index (χ2v) is 12.2. The Bertz CT molecular complexity index is 1880. The number of nitrogens with zero attached hydrogens (tertiary/aromatic N) is 2. The summed E-state index contributed by atoms with van der Waals surface area (Å²) in [7, 11) is 1.50. The molecule has 0 spiro atoms. The van der Waals surface area contributed by atoms with E-state index in [9.17, 15) is 39.0 Å². The molecule has 0 radical (unpaired) electrons. The predicted molar refractivity (Wildman–Crippen MR) is 167 cm³/mol. The maximum atomic E-state index is 13.9. The number of aliphatic hydroxyl groups is 2. The quantitative estimate of drug-likeness (QED) is 0.122. The molecule has 16 nitrogen and oxygen atoms in total. The van der Waals surface area contributed by atoms with Crippen LogP contribution in [0.1, 0.15) is 31.2 Å². The summed E-state index contributed by atoms with van der Waals surface area (Å²) in [5.74, 6) is -4.20. The fourth-order valence-electron chi connectivity index (χ4n) is 6.74. The number of imide groups is 1. The summed E-state index contributed by atoms with van der Waals surface area (Å²) in [5, 5.41) is 24.1. The SMILES string of the molecule is COc1ccccc1[C@H]1N[C@@](C)(COC(=O)CC(=O)OC[C@H]2O[C@@H](n3ccc(=O)[nH]c3=O)[C@H](O)[C@@H]2O)[C@H]2C(=O)N(c3ccccc3)C(=O)[C@@H]12. The minimum Gasteiger partial charge on any atom is -0.496 e. The van der Waals surface area contributed by atoms with E-state index >= 15 is 0 Å². The van der Waals surface area contributed by atoms with Crippen molar-refractivity contribution < 1.29 is 48.3 Å². The molecule has 0 saturated carbocycles. The van der Waals surface area contributed by atoms with Gasteiger partial charge >= 0.3 is 17.6 Å². The fourth-order valence-corrected chi connectivity index (χ4v) is 6.74. The highest BCUT2D eigenvalue weighted by Crippen LogP contribution is 2.51. The molecule has 1 aromatic heterocycles. The summed E-state index contributed by atoms with van der Waals surface area (Å²) < 4.78 is 22.5. The molecule has 16 heteroatoms. The molecule has 3 fully saturated rings. The lowest BCUT2D eigenvalue weighted by Gasteiger charge is -2.31. The van der Waals surface area contributed by atoms with Crippen molar-refractivity contribution in [1.29, 1.82) is 0 Å². The van der Waals surface area contributed by atoms with Crippen LogP contribution in [-0.2, 0) is 33.4 Å². The Hall–Kier alpha value is -5.16. The first kappa shape index (κ1) is 33.7. The van der Waals surface area contributed by atoms with Crippen LogP contribution in [0.25, 0.3) is 0 Å². The van der Waals surface area contributed by atoms with Crippen molar-refractivity contribution in [3.8, 4) is 5.75 Å². The van der Waals surface area contributed by atoms with E-state index in [0.29, 0.717) is 17.0 Å². The number of fused-ring (bicyclic) bond motifs is 1. The summed E-state index contributed by atoms with van der Waals surface area (Å²) in [6, 6.07) is 16.0. The normalized spacial score (nSPS) is 29.1. The number of carbonyl (C=O) groups excluding carboxylic acids is 4. The van der Waals surface area contributed by atoms with Gasteiger partial charge in [0.25, 0.3) is 5.56 Å². The van der Waals surface area contributed by atoms with Crippen molar-refractivity contribution >= 4 is 29.4 Å².